The van der Waals surface area contributed by atoms with Gasteiger partial charge in [-0.05, 0) is 25.0 Å². The van der Waals surface area contributed by atoms with Gasteiger partial charge in [-0.3, -0.25) is 4.57 Å². The summed E-state index contributed by atoms with van der Waals surface area (Å²) in [6, 6.07) is 4.46. The SMILES string of the molecule is COc1cccc2c1nc(C(F)F)n2-c1nc([C@@H]2CCCCN2NS(C)(=O)=O)nc(N2CCOCC2)n1. The minimum Gasteiger partial charge on any atom is -0.494 e. The van der Waals surface area contributed by atoms with Gasteiger partial charge in [0, 0.05) is 19.6 Å². The van der Waals surface area contributed by atoms with Crippen molar-refractivity contribution in [3.63, 3.8) is 0 Å². The Hall–Kier alpha value is -3.01. The summed E-state index contributed by atoms with van der Waals surface area (Å²) in [7, 11) is -2.11. The molecule has 0 radical (unpaired) electrons. The number of piperidine rings is 1. The molecule has 12 nitrogen and oxygen atoms in total. The van der Waals surface area contributed by atoms with Crippen LogP contribution in [0.2, 0.25) is 0 Å². The highest BCUT2D eigenvalue weighted by Crippen LogP contribution is 2.33. The molecular weight excluding hydrogens is 510 g/mol. The van der Waals surface area contributed by atoms with Gasteiger partial charge in [-0.2, -0.15) is 15.0 Å². The van der Waals surface area contributed by atoms with Crippen LogP contribution in [-0.2, 0) is 14.8 Å². The summed E-state index contributed by atoms with van der Waals surface area (Å²) in [5.74, 6) is 0.379. The fraction of sp³-hybridized carbons (Fsp3) is 0.545. The van der Waals surface area contributed by atoms with Crippen molar-refractivity contribution in [3.8, 4) is 11.7 Å². The minimum absolute atomic E-state index is 0.0255. The number of rotatable bonds is 7. The molecule has 0 bridgehead atoms. The number of ether oxygens (including phenoxy) is 2. The van der Waals surface area contributed by atoms with Crippen molar-refractivity contribution in [2.24, 2.45) is 0 Å². The van der Waals surface area contributed by atoms with E-state index < -0.39 is 28.3 Å². The molecule has 1 aromatic carbocycles. The average molecular weight is 539 g/mol. The molecule has 0 amide bonds. The summed E-state index contributed by atoms with van der Waals surface area (Å²) in [4.78, 5) is 22.5. The van der Waals surface area contributed by atoms with Crippen molar-refractivity contribution in [2.45, 2.75) is 31.7 Å². The van der Waals surface area contributed by atoms with Crippen LogP contribution in [0.15, 0.2) is 18.2 Å². The fourth-order valence-electron chi connectivity index (χ4n) is 4.66. The number of para-hydroxylation sites is 1. The van der Waals surface area contributed by atoms with Gasteiger partial charge in [-0.25, -0.2) is 27.2 Å². The van der Waals surface area contributed by atoms with Crippen LogP contribution in [0, 0.1) is 0 Å². The first kappa shape index (κ1) is 25.6. The molecule has 5 rings (SSSR count). The summed E-state index contributed by atoms with van der Waals surface area (Å²) < 4.78 is 64.6. The molecule has 2 saturated heterocycles. The van der Waals surface area contributed by atoms with E-state index in [2.05, 4.69) is 24.8 Å². The lowest BCUT2D eigenvalue weighted by Gasteiger charge is -2.34. The Labute approximate surface area is 212 Å². The van der Waals surface area contributed by atoms with E-state index in [1.54, 1.807) is 23.2 Å². The number of nitrogens with zero attached hydrogens (tertiary/aromatic N) is 7. The third-order valence-corrected chi connectivity index (χ3v) is 6.86. The summed E-state index contributed by atoms with van der Waals surface area (Å²) in [6.07, 6.45) is 0.357. The maximum atomic E-state index is 14.2. The Kier molecular flexibility index (Phi) is 7.20. The lowest BCUT2D eigenvalue weighted by Crippen LogP contribution is -2.47. The highest BCUT2D eigenvalue weighted by atomic mass is 32.2. The molecule has 0 unspecified atom stereocenters. The number of aromatic nitrogens is 5. The van der Waals surface area contributed by atoms with Crippen molar-refractivity contribution >= 4 is 27.0 Å². The van der Waals surface area contributed by atoms with E-state index in [9.17, 15) is 17.2 Å². The lowest BCUT2D eigenvalue weighted by molar-refractivity contribution is 0.115. The highest BCUT2D eigenvalue weighted by Gasteiger charge is 2.32. The normalized spacial score (nSPS) is 19.6. The van der Waals surface area contributed by atoms with Gasteiger partial charge < -0.3 is 14.4 Å². The predicted octanol–water partition coefficient (Wildman–Crippen LogP) is 1.98. The average Bonchev–Trinajstić information content (AvgIpc) is 3.29. The topological polar surface area (TPSA) is 128 Å². The Morgan fingerprint density at radius 1 is 1.08 bits per heavy atom. The van der Waals surface area contributed by atoms with E-state index in [1.165, 1.54) is 11.7 Å². The Balaban J connectivity index is 1.70. The molecule has 2 aromatic heterocycles. The summed E-state index contributed by atoms with van der Waals surface area (Å²) >= 11 is 0. The zero-order chi connectivity index (χ0) is 26.2. The molecule has 0 spiro atoms. The van der Waals surface area contributed by atoms with Gasteiger partial charge in [0.15, 0.2) is 11.6 Å². The highest BCUT2D eigenvalue weighted by molar-refractivity contribution is 7.88. The standard InChI is InChI=1S/C22H28F2N8O4S/c1-35-16-8-5-7-14-17(16)25-20(18(23)24)32(14)22-27-19(26-21(28-22)30-10-12-36-13-11-30)15-6-3-4-9-31(15)29-37(2,33)34/h5,7-8,15,18,29H,3-4,6,9-13H2,1-2H3/t15-/m0/s1. The van der Waals surface area contributed by atoms with E-state index in [-0.39, 0.29) is 17.3 Å². The number of sulfonamides is 1. The number of morpholine rings is 1. The monoisotopic (exact) mass is 538 g/mol. The molecule has 4 heterocycles. The first-order valence-electron chi connectivity index (χ1n) is 11.9. The number of fused-ring (bicyclic) bond motifs is 1. The largest absolute Gasteiger partial charge is 0.494 e. The smallest absolute Gasteiger partial charge is 0.296 e. The van der Waals surface area contributed by atoms with Gasteiger partial charge in [0.25, 0.3) is 6.43 Å². The van der Waals surface area contributed by atoms with Crippen molar-refractivity contribution in [3.05, 3.63) is 29.8 Å². The van der Waals surface area contributed by atoms with Crippen molar-refractivity contribution < 1.29 is 26.7 Å². The molecule has 1 N–H and O–H groups in total. The molecule has 0 aliphatic carbocycles. The zero-order valence-corrected chi connectivity index (χ0v) is 21.3. The number of benzene rings is 1. The van der Waals surface area contributed by atoms with Gasteiger partial charge in [-0.1, -0.05) is 12.5 Å². The molecule has 15 heteroatoms. The molecule has 3 aromatic rings. The van der Waals surface area contributed by atoms with Gasteiger partial charge in [-0.15, -0.1) is 4.83 Å². The van der Waals surface area contributed by atoms with Gasteiger partial charge in [0.1, 0.15) is 11.3 Å². The molecule has 37 heavy (non-hydrogen) atoms. The number of imidazole rings is 1. The van der Waals surface area contributed by atoms with Crippen LogP contribution in [0.4, 0.5) is 14.7 Å². The fourth-order valence-corrected chi connectivity index (χ4v) is 5.30. The first-order valence-corrected chi connectivity index (χ1v) is 13.8. The number of hydrogen-bond donors (Lipinski definition) is 1. The molecule has 2 fully saturated rings. The number of nitrogens with one attached hydrogen (secondary N) is 1. The maximum absolute atomic E-state index is 14.2. The number of alkyl halides is 2. The van der Waals surface area contributed by atoms with E-state index in [0.29, 0.717) is 56.5 Å². The van der Waals surface area contributed by atoms with Gasteiger partial charge in [0.05, 0.1) is 38.1 Å². The number of hydrazine groups is 1. The Bertz CT molecular complexity index is 1380. The third kappa shape index (κ3) is 5.35. The van der Waals surface area contributed by atoms with E-state index in [4.69, 9.17) is 9.47 Å². The number of halogens is 2. The molecule has 2 aliphatic heterocycles. The van der Waals surface area contributed by atoms with Crippen LogP contribution in [0.5, 0.6) is 5.75 Å². The molecule has 0 saturated carbocycles. The second-order valence-electron chi connectivity index (χ2n) is 8.90. The number of anilines is 1. The molecular formula is C22H28F2N8O4S. The maximum Gasteiger partial charge on any atom is 0.296 e. The van der Waals surface area contributed by atoms with Gasteiger partial charge in [0.2, 0.25) is 21.9 Å². The van der Waals surface area contributed by atoms with Crippen LogP contribution in [0.1, 0.15) is 43.4 Å². The molecule has 2 aliphatic rings. The quantitative estimate of drug-likeness (QED) is 0.477. The van der Waals surface area contributed by atoms with E-state index in [1.807, 2.05) is 4.90 Å². The third-order valence-electron chi connectivity index (χ3n) is 6.30. The predicted molar refractivity (Wildman–Crippen MR) is 130 cm³/mol. The first-order chi connectivity index (χ1) is 17.7. The zero-order valence-electron chi connectivity index (χ0n) is 20.5. The Morgan fingerprint density at radius 2 is 1.84 bits per heavy atom. The minimum atomic E-state index is -3.55. The van der Waals surface area contributed by atoms with E-state index >= 15 is 0 Å². The van der Waals surface area contributed by atoms with Crippen LogP contribution in [0.3, 0.4) is 0 Å². The van der Waals surface area contributed by atoms with Crippen LogP contribution in [-0.4, -0.2) is 84.1 Å². The van der Waals surface area contributed by atoms with Gasteiger partial charge >= 0.3 is 0 Å². The van der Waals surface area contributed by atoms with Crippen molar-refractivity contribution in [2.75, 3.05) is 51.1 Å². The van der Waals surface area contributed by atoms with Crippen LogP contribution in [0.25, 0.3) is 17.0 Å². The number of methoxy groups -OCH3 is 1. The van der Waals surface area contributed by atoms with Crippen LogP contribution < -0.4 is 14.5 Å². The van der Waals surface area contributed by atoms with E-state index in [0.717, 1.165) is 19.1 Å². The molecule has 200 valence electrons. The Morgan fingerprint density at radius 3 is 2.54 bits per heavy atom. The summed E-state index contributed by atoms with van der Waals surface area (Å²) in [5.41, 5.74) is 0.614. The van der Waals surface area contributed by atoms with Crippen molar-refractivity contribution in [1.29, 1.82) is 0 Å². The summed E-state index contributed by atoms with van der Waals surface area (Å²) in [6.45, 7) is 2.42. The summed E-state index contributed by atoms with van der Waals surface area (Å²) in [5, 5.41) is 1.59. The second kappa shape index (κ2) is 10.4. The molecule has 1 atom stereocenters. The lowest BCUT2D eigenvalue weighted by atomic mass is 10.0. The number of hydrogen-bond acceptors (Lipinski definition) is 10. The second-order valence-corrected chi connectivity index (χ2v) is 10.6. The van der Waals surface area contributed by atoms with Crippen molar-refractivity contribution in [1.82, 2.24) is 34.3 Å². The van der Waals surface area contributed by atoms with Crippen LogP contribution >= 0.6 is 0 Å².